The van der Waals surface area contributed by atoms with Crippen LogP contribution in [0.5, 0.6) is 0 Å². The second-order valence-electron chi connectivity index (χ2n) is 5.86. The fourth-order valence-electron chi connectivity index (χ4n) is 2.45. The van der Waals surface area contributed by atoms with Crippen molar-refractivity contribution in [3.63, 3.8) is 0 Å². The van der Waals surface area contributed by atoms with Crippen LogP contribution in [0.4, 0.5) is 0 Å². The van der Waals surface area contributed by atoms with E-state index in [0.717, 1.165) is 22.7 Å². The monoisotopic (exact) mass is 334 g/mol. The van der Waals surface area contributed by atoms with Gasteiger partial charge in [-0.1, -0.05) is 29.8 Å². The van der Waals surface area contributed by atoms with Crippen LogP contribution in [-0.4, -0.2) is 30.4 Å². The average molecular weight is 334 g/mol. The largest absolute Gasteiger partial charge is 0.387 e. The number of aryl methyl sites for hydroxylation is 2. The summed E-state index contributed by atoms with van der Waals surface area (Å²) in [5.41, 5.74) is 3.20. The van der Waals surface area contributed by atoms with Gasteiger partial charge in [-0.25, -0.2) is 4.98 Å². The average Bonchev–Trinajstić information content (AvgIpc) is 2.92. The highest BCUT2D eigenvalue weighted by Crippen LogP contribution is 2.26. The number of ether oxygens (including phenoxy) is 1. The van der Waals surface area contributed by atoms with Gasteiger partial charge in [0, 0.05) is 31.0 Å². The molecule has 0 saturated heterocycles. The normalized spacial score (nSPS) is 14.0. The maximum atomic E-state index is 10.3. The third-order valence-corrected chi connectivity index (χ3v) is 5.27. The molecule has 0 radical (unpaired) electrons. The van der Waals surface area contributed by atoms with Gasteiger partial charge in [0.1, 0.15) is 0 Å². The van der Waals surface area contributed by atoms with E-state index >= 15 is 0 Å². The summed E-state index contributed by atoms with van der Waals surface area (Å²) in [6, 6.07) is 8.18. The molecule has 0 spiro atoms. The maximum absolute atomic E-state index is 10.3. The molecule has 2 atom stereocenters. The third kappa shape index (κ3) is 5.11. The van der Waals surface area contributed by atoms with E-state index in [1.54, 1.807) is 18.4 Å². The molecule has 2 aromatic rings. The van der Waals surface area contributed by atoms with Gasteiger partial charge < -0.3 is 15.2 Å². The van der Waals surface area contributed by atoms with Crippen molar-refractivity contribution < 1.29 is 9.84 Å². The van der Waals surface area contributed by atoms with E-state index in [2.05, 4.69) is 17.2 Å². The molecule has 0 fully saturated rings. The fourth-order valence-corrected chi connectivity index (χ4v) is 3.53. The second-order valence-corrected chi connectivity index (χ2v) is 6.97. The van der Waals surface area contributed by atoms with Crippen LogP contribution < -0.4 is 5.32 Å². The van der Waals surface area contributed by atoms with Gasteiger partial charge in [-0.05, 0) is 26.3 Å². The van der Waals surface area contributed by atoms with Crippen molar-refractivity contribution in [2.75, 3.05) is 20.3 Å². The molecule has 0 aliphatic rings. The Morgan fingerprint density at radius 2 is 1.96 bits per heavy atom. The molecular weight excluding hydrogens is 308 g/mol. The van der Waals surface area contributed by atoms with Crippen LogP contribution in [-0.2, 0) is 11.2 Å². The molecule has 23 heavy (non-hydrogen) atoms. The van der Waals surface area contributed by atoms with E-state index in [0.29, 0.717) is 13.2 Å². The molecule has 1 aromatic carbocycles. The van der Waals surface area contributed by atoms with Crippen molar-refractivity contribution >= 4 is 11.3 Å². The van der Waals surface area contributed by atoms with Crippen LogP contribution >= 0.6 is 11.3 Å². The van der Waals surface area contributed by atoms with Crippen molar-refractivity contribution in [3.8, 4) is 0 Å². The zero-order valence-electron chi connectivity index (χ0n) is 14.3. The number of aliphatic hydroxyl groups is 1. The lowest BCUT2D eigenvalue weighted by atomic mass is 10.1. The Kier molecular flexibility index (Phi) is 6.72. The predicted octanol–water partition coefficient (Wildman–Crippen LogP) is 3.33. The Labute approximate surface area is 142 Å². The Morgan fingerprint density at radius 1 is 1.26 bits per heavy atom. The van der Waals surface area contributed by atoms with Crippen LogP contribution in [0.25, 0.3) is 0 Å². The zero-order valence-corrected chi connectivity index (χ0v) is 15.1. The lowest BCUT2D eigenvalue weighted by Crippen LogP contribution is -2.24. The number of aliphatic hydroxyl groups excluding tert-OH is 1. The summed E-state index contributed by atoms with van der Waals surface area (Å²) in [7, 11) is 1.71. The number of nitrogens with zero attached hydrogens (tertiary/aromatic N) is 1. The van der Waals surface area contributed by atoms with Gasteiger partial charge in [0.2, 0.25) is 0 Å². The van der Waals surface area contributed by atoms with Crippen molar-refractivity contribution in [3.05, 3.63) is 51.0 Å². The molecule has 0 amide bonds. The molecule has 1 heterocycles. The number of hydrogen-bond donors (Lipinski definition) is 2. The molecule has 4 nitrogen and oxygen atoms in total. The first-order valence-electron chi connectivity index (χ1n) is 7.94. The van der Waals surface area contributed by atoms with Crippen LogP contribution in [0.15, 0.2) is 24.3 Å². The minimum absolute atomic E-state index is 0.170. The number of rotatable bonds is 8. The molecule has 0 aliphatic heterocycles. The first-order chi connectivity index (χ1) is 11.0. The minimum atomic E-state index is -0.501. The van der Waals surface area contributed by atoms with Gasteiger partial charge in [-0.3, -0.25) is 0 Å². The number of aromatic nitrogens is 1. The number of benzene rings is 1. The van der Waals surface area contributed by atoms with E-state index in [9.17, 15) is 5.11 Å². The van der Waals surface area contributed by atoms with Crippen LogP contribution in [0.3, 0.4) is 0 Å². The number of methoxy groups -OCH3 is 1. The van der Waals surface area contributed by atoms with Gasteiger partial charge >= 0.3 is 0 Å². The second kappa shape index (κ2) is 8.55. The van der Waals surface area contributed by atoms with Gasteiger partial charge in [-0.15, -0.1) is 11.3 Å². The highest BCUT2D eigenvalue weighted by Gasteiger charge is 2.16. The molecule has 0 aliphatic carbocycles. The Balaban J connectivity index is 1.92. The Morgan fingerprint density at radius 3 is 2.61 bits per heavy atom. The fraction of sp³-hybridized carbons (Fsp3) is 0.500. The number of nitrogens with one attached hydrogen (secondary N) is 1. The molecule has 126 valence electrons. The summed E-state index contributed by atoms with van der Waals surface area (Å²) in [4.78, 5) is 5.83. The molecule has 2 N–H and O–H groups in total. The summed E-state index contributed by atoms with van der Waals surface area (Å²) in [5.74, 6) is 0. The lowest BCUT2D eigenvalue weighted by molar-refractivity contribution is 0.171. The summed E-state index contributed by atoms with van der Waals surface area (Å²) >= 11 is 1.72. The standard InChI is InChI=1S/C18H26N2O2S/c1-12-5-7-15(8-6-12)16(21)11-19-13(2)18-14(3)20-17(23-18)9-10-22-4/h5-8,13,16,19,21H,9-11H2,1-4H3. The number of hydrogen-bond acceptors (Lipinski definition) is 5. The molecule has 2 rings (SSSR count). The van der Waals surface area contributed by atoms with E-state index in [1.165, 1.54) is 10.4 Å². The Hall–Kier alpha value is -1.27. The van der Waals surface area contributed by atoms with Crippen molar-refractivity contribution in [2.45, 2.75) is 39.3 Å². The van der Waals surface area contributed by atoms with Crippen molar-refractivity contribution in [1.29, 1.82) is 0 Å². The molecule has 5 heteroatoms. The van der Waals surface area contributed by atoms with Crippen molar-refractivity contribution in [2.24, 2.45) is 0 Å². The first kappa shape index (κ1) is 18.1. The van der Waals surface area contributed by atoms with Gasteiger partial charge in [0.25, 0.3) is 0 Å². The first-order valence-corrected chi connectivity index (χ1v) is 8.76. The van der Waals surface area contributed by atoms with Crippen LogP contribution in [0.1, 0.15) is 45.8 Å². The zero-order chi connectivity index (χ0) is 16.8. The predicted molar refractivity (Wildman–Crippen MR) is 95.0 cm³/mol. The highest BCUT2D eigenvalue weighted by atomic mass is 32.1. The quantitative estimate of drug-likeness (QED) is 0.777. The van der Waals surface area contributed by atoms with Crippen LogP contribution in [0.2, 0.25) is 0 Å². The third-order valence-electron chi connectivity index (χ3n) is 3.87. The van der Waals surface area contributed by atoms with E-state index < -0.39 is 6.10 Å². The molecule has 2 unspecified atom stereocenters. The molecule has 1 aromatic heterocycles. The van der Waals surface area contributed by atoms with Gasteiger partial charge in [0.15, 0.2) is 0 Å². The molecule has 0 bridgehead atoms. The smallest absolute Gasteiger partial charge is 0.0954 e. The molecular formula is C18H26N2O2S. The number of thiazole rings is 1. The highest BCUT2D eigenvalue weighted by molar-refractivity contribution is 7.11. The SMILES string of the molecule is COCCc1nc(C)c(C(C)NCC(O)c2ccc(C)cc2)s1. The van der Waals surface area contributed by atoms with E-state index in [4.69, 9.17) is 4.74 Å². The topological polar surface area (TPSA) is 54.4 Å². The Bertz CT molecular complexity index is 610. The van der Waals surface area contributed by atoms with E-state index in [-0.39, 0.29) is 6.04 Å². The summed E-state index contributed by atoms with van der Waals surface area (Å²) in [5, 5.41) is 14.8. The lowest BCUT2D eigenvalue weighted by Gasteiger charge is -2.17. The van der Waals surface area contributed by atoms with Crippen LogP contribution in [0, 0.1) is 13.8 Å². The summed E-state index contributed by atoms with van der Waals surface area (Å²) in [6.07, 6.45) is 0.347. The minimum Gasteiger partial charge on any atom is -0.387 e. The molecule has 0 saturated carbocycles. The van der Waals surface area contributed by atoms with Crippen molar-refractivity contribution in [1.82, 2.24) is 10.3 Å². The summed E-state index contributed by atoms with van der Waals surface area (Å²) < 4.78 is 5.11. The van der Waals surface area contributed by atoms with Gasteiger partial charge in [0.05, 0.1) is 23.4 Å². The summed E-state index contributed by atoms with van der Waals surface area (Å²) in [6.45, 7) is 7.42. The van der Waals surface area contributed by atoms with Gasteiger partial charge in [-0.2, -0.15) is 0 Å². The van der Waals surface area contributed by atoms with E-state index in [1.807, 2.05) is 38.1 Å². The maximum Gasteiger partial charge on any atom is 0.0954 e.